The number of urea groups is 1. The monoisotopic (exact) mass is 356 g/mol. The summed E-state index contributed by atoms with van der Waals surface area (Å²) < 4.78 is 4.73. The van der Waals surface area contributed by atoms with E-state index in [2.05, 4.69) is 5.43 Å². The molecule has 1 aliphatic rings. The minimum atomic E-state index is -0.983. The van der Waals surface area contributed by atoms with Crippen molar-refractivity contribution < 1.29 is 28.7 Å². The van der Waals surface area contributed by atoms with Crippen LogP contribution in [0.5, 0.6) is 0 Å². The van der Waals surface area contributed by atoms with Crippen LogP contribution >= 0.6 is 0 Å². The second kappa shape index (κ2) is 9.00. The van der Waals surface area contributed by atoms with Gasteiger partial charge < -0.3 is 4.74 Å². The van der Waals surface area contributed by atoms with Gasteiger partial charge in [-0.2, -0.15) is 0 Å². The number of rotatable bonds is 4. The van der Waals surface area contributed by atoms with Gasteiger partial charge in [-0.05, 0) is 19.8 Å². The Labute approximate surface area is 146 Å². The van der Waals surface area contributed by atoms with Crippen molar-refractivity contribution in [2.45, 2.75) is 46.1 Å². The van der Waals surface area contributed by atoms with Crippen molar-refractivity contribution in [2.75, 3.05) is 20.2 Å². The van der Waals surface area contributed by atoms with Crippen LogP contribution in [0.25, 0.3) is 0 Å². The highest BCUT2D eigenvalue weighted by Gasteiger charge is 2.41. The van der Waals surface area contributed by atoms with Crippen molar-refractivity contribution in [2.24, 2.45) is 0 Å². The summed E-state index contributed by atoms with van der Waals surface area (Å²) in [4.78, 5) is 59.5. The van der Waals surface area contributed by atoms with Gasteiger partial charge in [-0.15, -0.1) is 0 Å². The van der Waals surface area contributed by atoms with Gasteiger partial charge in [-0.3, -0.25) is 19.8 Å². The van der Waals surface area contributed by atoms with Crippen molar-refractivity contribution in [1.82, 2.24) is 20.5 Å². The minimum Gasteiger partial charge on any atom is -0.467 e. The van der Waals surface area contributed by atoms with Crippen LogP contribution in [0.2, 0.25) is 0 Å². The molecule has 1 unspecified atom stereocenters. The molecular weight excluding hydrogens is 332 g/mol. The van der Waals surface area contributed by atoms with Crippen molar-refractivity contribution in [3.05, 3.63) is 0 Å². The fourth-order valence-corrected chi connectivity index (χ4v) is 2.51. The van der Waals surface area contributed by atoms with Gasteiger partial charge in [0, 0.05) is 26.8 Å². The van der Waals surface area contributed by atoms with E-state index in [9.17, 15) is 24.0 Å². The second-order valence-corrected chi connectivity index (χ2v) is 5.72. The van der Waals surface area contributed by atoms with Gasteiger partial charge in [0.05, 0.1) is 13.7 Å². The summed E-state index contributed by atoms with van der Waals surface area (Å²) >= 11 is 0. The number of hydrogen-bond acceptors (Lipinski definition) is 6. The number of Topliss-reactive ketones (excluding diaryl/α,β-unsaturated/α-hetero) is 1. The molecule has 1 atom stereocenters. The number of ether oxygens (including phenoxy) is 1. The van der Waals surface area contributed by atoms with Gasteiger partial charge in [0.1, 0.15) is 5.78 Å². The minimum absolute atomic E-state index is 0.0167. The predicted molar refractivity (Wildman–Crippen MR) is 85.5 cm³/mol. The molecule has 0 aromatic carbocycles. The Morgan fingerprint density at radius 2 is 1.80 bits per heavy atom. The lowest BCUT2D eigenvalue weighted by Gasteiger charge is -2.43. The normalized spacial score (nSPS) is 16.9. The molecule has 1 heterocycles. The fourth-order valence-electron chi connectivity index (χ4n) is 2.51. The topological polar surface area (TPSA) is 116 Å². The van der Waals surface area contributed by atoms with Crippen LogP contribution in [-0.4, -0.2) is 70.9 Å². The van der Waals surface area contributed by atoms with Gasteiger partial charge in [0.15, 0.2) is 6.04 Å². The number of esters is 1. The lowest BCUT2D eigenvalue weighted by atomic mass is 10.1. The number of nitrogens with one attached hydrogen (secondary N) is 1. The highest BCUT2D eigenvalue weighted by atomic mass is 16.5. The molecule has 0 saturated carbocycles. The van der Waals surface area contributed by atoms with Crippen LogP contribution in [0.15, 0.2) is 0 Å². The Hall–Kier alpha value is -2.65. The molecule has 10 heteroatoms. The van der Waals surface area contributed by atoms with Crippen molar-refractivity contribution in [3.63, 3.8) is 0 Å². The standard InChI is InChI=1S/C15H24N4O6/c1-10(20)7-9-17(16-11(2)21)15(24)19-13(14(23)25-4)6-5-8-18(19)12(3)22/h13H,5-9H2,1-4H3,(H,16,21). The summed E-state index contributed by atoms with van der Waals surface area (Å²) in [5.41, 5.74) is 2.33. The van der Waals surface area contributed by atoms with Gasteiger partial charge in [0.25, 0.3) is 0 Å². The first-order valence-electron chi connectivity index (χ1n) is 7.92. The van der Waals surface area contributed by atoms with Gasteiger partial charge >= 0.3 is 12.0 Å². The number of hydrogen-bond donors (Lipinski definition) is 1. The summed E-state index contributed by atoms with van der Waals surface area (Å²) in [6, 6.07) is -1.76. The summed E-state index contributed by atoms with van der Waals surface area (Å²) in [6.07, 6.45) is 0.863. The molecule has 1 rings (SSSR count). The van der Waals surface area contributed by atoms with Crippen LogP contribution in [0, 0.1) is 0 Å². The summed E-state index contributed by atoms with van der Waals surface area (Å²) in [7, 11) is 1.19. The zero-order chi connectivity index (χ0) is 19.1. The van der Waals surface area contributed by atoms with Crippen LogP contribution < -0.4 is 5.43 Å². The lowest BCUT2D eigenvalue weighted by molar-refractivity contribution is -0.165. The lowest BCUT2D eigenvalue weighted by Crippen LogP contribution is -2.65. The van der Waals surface area contributed by atoms with Crippen molar-refractivity contribution in [1.29, 1.82) is 0 Å². The summed E-state index contributed by atoms with van der Waals surface area (Å²) in [6.45, 7) is 4.03. The molecule has 1 N–H and O–H groups in total. The van der Waals surface area contributed by atoms with E-state index in [4.69, 9.17) is 4.74 Å². The Kier molecular flexibility index (Phi) is 7.34. The molecule has 10 nitrogen and oxygen atoms in total. The third-order valence-corrected chi connectivity index (χ3v) is 3.65. The number of nitrogens with zero attached hydrogens (tertiary/aromatic N) is 3. The smallest absolute Gasteiger partial charge is 0.358 e. The van der Waals surface area contributed by atoms with E-state index in [0.29, 0.717) is 12.8 Å². The first-order valence-corrected chi connectivity index (χ1v) is 7.92. The Morgan fingerprint density at radius 1 is 1.16 bits per heavy atom. The summed E-state index contributed by atoms with van der Waals surface area (Å²) in [5.74, 6) is -1.77. The van der Waals surface area contributed by atoms with E-state index >= 15 is 0 Å². The third kappa shape index (κ3) is 5.44. The largest absolute Gasteiger partial charge is 0.467 e. The number of carbonyl (C=O) groups is 5. The number of carbonyl (C=O) groups excluding carboxylic acids is 5. The van der Waals surface area contributed by atoms with Crippen molar-refractivity contribution >= 4 is 29.6 Å². The summed E-state index contributed by atoms with van der Waals surface area (Å²) in [5, 5.41) is 3.07. The van der Waals surface area contributed by atoms with Gasteiger partial charge in [0.2, 0.25) is 11.8 Å². The van der Waals surface area contributed by atoms with Gasteiger partial charge in [-0.1, -0.05) is 0 Å². The second-order valence-electron chi connectivity index (χ2n) is 5.72. The van der Waals surface area contributed by atoms with Gasteiger partial charge in [-0.25, -0.2) is 24.6 Å². The molecule has 0 aromatic rings. The molecule has 1 saturated heterocycles. The molecule has 0 radical (unpaired) electrons. The molecule has 0 spiro atoms. The SMILES string of the molecule is COC(=O)C1CCCN(C(C)=O)N1C(=O)N(CCC(C)=O)NC(C)=O. The molecule has 1 aliphatic heterocycles. The van der Waals surface area contributed by atoms with E-state index in [1.807, 2.05) is 0 Å². The average Bonchev–Trinajstić information content (AvgIpc) is 2.55. The molecule has 0 bridgehead atoms. The molecule has 4 amide bonds. The number of methoxy groups -OCH3 is 1. The quantitative estimate of drug-likeness (QED) is 0.553. The van der Waals surface area contributed by atoms with E-state index in [-0.39, 0.29) is 25.3 Å². The first-order chi connectivity index (χ1) is 11.7. The first kappa shape index (κ1) is 20.4. The van der Waals surface area contributed by atoms with Crippen LogP contribution in [0.1, 0.15) is 40.0 Å². The molecule has 140 valence electrons. The highest BCUT2D eigenvalue weighted by molar-refractivity contribution is 5.88. The Morgan fingerprint density at radius 3 is 2.28 bits per heavy atom. The number of ketones is 1. The van der Waals surface area contributed by atoms with Crippen LogP contribution in [0.4, 0.5) is 4.79 Å². The Balaban J connectivity index is 3.15. The van der Waals surface area contributed by atoms with Crippen molar-refractivity contribution in [3.8, 4) is 0 Å². The van der Waals surface area contributed by atoms with Crippen LogP contribution in [0.3, 0.4) is 0 Å². The maximum absolute atomic E-state index is 12.9. The maximum Gasteiger partial charge on any atom is 0.358 e. The van der Waals surface area contributed by atoms with E-state index < -0.39 is 29.9 Å². The number of hydrazine groups is 2. The molecule has 0 aromatic heterocycles. The molecule has 0 aliphatic carbocycles. The van der Waals surface area contributed by atoms with E-state index in [1.165, 1.54) is 27.9 Å². The predicted octanol–water partition coefficient (Wildman–Crippen LogP) is -0.160. The van der Waals surface area contributed by atoms with E-state index in [1.54, 1.807) is 0 Å². The highest BCUT2D eigenvalue weighted by Crippen LogP contribution is 2.21. The van der Waals surface area contributed by atoms with Crippen LogP contribution in [-0.2, 0) is 23.9 Å². The number of amides is 4. The third-order valence-electron chi connectivity index (χ3n) is 3.65. The molecule has 1 fully saturated rings. The zero-order valence-electron chi connectivity index (χ0n) is 14.9. The fraction of sp³-hybridized carbons (Fsp3) is 0.667. The van der Waals surface area contributed by atoms with E-state index in [0.717, 1.165) is 15.0 Å². The zero-order valence-corrected chi connectivity index (χ0v) is 14.9. The molecular formula is C15H24N4O6. The maximum atomic E-state index is 12.9. The Bertz CT molecular complexity index is 564. The average molecular weight is 356 g/mol. The molecule has 25 heavy (non-hydrogen) atoms.